The van der Waals surface area contributed by atoms with E-state index in [0.29, 0.717) is 12.6 Å². The fourth-order valence-corrected chi connectivity index (χ4v) is 3.46. The molecule has 2 aromatic heterocycles. The molecule has 8 nitrogen and oxygen atoms in total. The number of hydrogen-bond donors (Lipinski definition) is 1. The van der Waals surface area contributed by atoms with Gasteiger partial charge < -0.3 is 24.3 Å². The predicted octanol–water partition coefficient (Wildman–Crippen LogP) is 3.72. The van der Waals surface area contributed by atoms with E-state index in [9.17, 15) is 0 Å². The standard InChI is InChI=1S/C21H26N6O2/c1-5-8-27-15(3)12-29-19-10-22-21(25-20(19)27)24-16-6-7-17(18(9-16)28-4)26-11-14(2)23-13-26/h6-7,9-11,13,15H,5,8,12H2,1-4H3,(H,22,24,25)/t15-/m1/s1. The monoisotopic (exact) mass is 394 g/mol. The van der Waals surface area contributed by atoms with E-state index in [2.05, 4.69) is 34.0 Å². The summed E-state index contributed by atoms with van der Waals surface area (Å²) in [5.41, 5.74) is 2.71. The van der Waals surface area contributed by atoms with Gasteiger partial charge in [-0.15, -0.1) is 0 Å². The van der Waals surface area contributed by atoms with Gasteiger partial charge in [-0.2, -0.15) is 4.98 Å². The van der Waals surface area contributed by atoms with Crippen LogP contribution in [0.2, 0.25) is 0 Å². The number of imidazole rings is 1. The lowest BCUT2D eigenvalue weighted by molar-refractivity contribution is 0.266. The number of anilines is 3. The van der Waals surface area contributed by atoms with Crippen molar-refractivity contribution in [1.82, 2.24) is 19.5 Å². The Morgan fingerprint density at radius 1 is 1.31 bits per heavy atom. The average Bonchev–Trinajstić information content (AvgIpc) is 3.16. The van der Waals surface area contributed by atoms with Crippen molar-refractivity contribution >= 4 is 17.5 Å². The second kappa shape index (κ2) is 7.98. The number of nitrogens with zero attached hydrogens (tertiary/aromatic N) is 5. The first-order chi connectivity index (χ1) is 14.1. The van der Waals surface area contributed by atoms with Gasteiger partial charge in [0.15, 0.2) is 11.6 Å². The minimum atomic E-state index is 0.281. The summed E-state index contributed by atoms with van der Waals surface area (Å²) in [6.07, 6.45) is 6.51. The SMILES string of the molecule is CCCN1c2nc(Nc3ccc(-n4cnc(C)c4)c(OC)c3)ncc2OC[C@H]1C. The van der Waals surface area contributed by atoms with Crippen LogP contribution in [0.1, 0.15) is 26.0 Å². The molecule has 1 atom stereocenters. The molecule has 3 aromatic rings. The van der Waals surface area contributed by atoms with Gasteiger partial charge in [0.05, 0.1) is 37.1 Å². The molecule has 4 rings (SSSR count). The topological polar surface area (TPSA) is 77.3 Å². The molecule has 3 heterocycles. The van der Waals surface area contributed by atoms with E-state index in [4.69, 9.17) is 14.5 Å². The Bertz CT molecular complexity index is 1000. The molecule has 8 heteroatoms. The normalized spacial score (nSPS) is 15.6. The third-order valence-corrected chi connectivity index (χ3v) is 4.91. The van der Waals surface area contributed by atoms with Crippen molar-refractivity contribution < 1.29 is 9.47 Å². The average molecular weight is 394 g/mol. The zero-order chi connectivity index (χ0) is 20.4. The molecule has 1 aromatic carbocycles. The highest BCUT2D eigenvalue weighted by molar-refractivity contribution is 5.64. The van der Waals surface area contributed by atoms with Crippen LogP contribution in [0.25, 0.3) is 5.69 Å². The predicted molar refractivity (Wildman–Crippen MR) is 113 cm³/mol. The fourth-order valence-electron chi connectivity index (χ4n) is 3.46. The summed E-state index contributed by atoms with van der Waals surface area (Å²) in [7, 11) is 1.66. The molecule has 0 amide bonds. The molecule has 1 aliphatic heterocycles. The van der Waals surface area contributed by atoms with Crippen LogP contribution in [-0.2, 0) is 0 Å². The van der Waals surface area contributed by atoms with Gasteiger partial charge in [-0.3, -0.25) is 0 Å². The lowest BCUT2D eigenvalue weighted by atomic mass is 10.2. The van der Waals surface area contributed by atoms with Crippen molar-refractivity contribution in [3.8, 4) is 17.2 Å². The van der Waals surface area contributed by atoms with E-state index in [0.717, 1.165) is 47.4 Å². The van der Waals surface area contributed by atoms with Crippen molar-refractivity contribution in [3.63, 3.8) is 0 Å². The summed E-state index contributed by atoms with van der Waals surface area (Å²) in [4.78, 5) is 15.7. The van der Waals surface area contributed by atoms with Gasteiger partial charge in [-0.05, 0) is 32.4 Å². The van der Waals surface area contributed by atoms with E-state index in [1.54, 1.807) is 19.6 Å². The molecule has 0 bridgehead atoms. The van der Waals surface area contributed by atoms with Crippen LogP contribution < -0.4 is 19.7 Å². The maximum atomic E-state index is 5.80. The van der Waals surface area contributed by atoms with Crippen molar-refractivity contribution in [2.45, 2.75) is 33.2 Å². The van der Waals surface area contributed by atoms with E-state index < -0.39 is 0 Å². The van der Waals surface area contributed by atoms with Gasteiger partial charge in [0.25, 0.3) is 0 Å². The lowest BCUT2D eigenvalue weighted by Crippen LogP contribution is -2.42. The molecule has 0 saturated carbocycles. The molecule has 0 saturated heterocycles. The quantitative estimate of drug-likeness (QED) is 0.683. The molecular weight excluding hydrogens is 368 g/mol. The highest BCUT2D eigenvalue weighted by Gasteiger charge is 2.26. The summed E-state index contributed by atoms with van der Waals surface area (Å²) in [6, 6.07) is 6.16. The van der Waals surface area contributed by atoms with Crippen LogP contribution >= 0.6 is 0 Å². The maximum Gasteiger partial charge on any atom is 0.229 e. The summed E-state index contributed by atoms with van der Waals surface area (Å²) in [5, 5.41) is 3.28. The summed E-state index contributed by atoms with van der Waals surface area (Å²) in [5.74, 6) is 2.82. The minimum Gasteiger partial charge on any atom is -0.494 e. The number of methoxy groups -OCH3 is 1. The molecule has 0 fully saturated rings. The summed E-state index contributed by atoms with van der Waals surface area (Å²) in [6.45, 7) is 7.85. The molecule has 0 spiro atoms. The zero-order valence-electron chi connectivity index (χ0n) is 17.2. The van der Waals surface area contributed by atoms with Crippen molar-refractivity contribution in [3.05, 3.63) is 42.6 Å². The number of aryl methyl sites for hydroxylation is 1. The maximum absolute atomic E-state index is 5.80. The summed E-state index contributed by atoms with van der Waals surface area (Å²) < 4.78 is 13.3. The Morgan fingerprint density at radius 3 is 2.90 bits per heavy atom. The second-order valence-corrected chi connectivity index (χ2v) is 7.17. The summed E-state index contributed by atoms with van der Waals surface area (Å²) >= 11 is 0. The van der Waals surface area contributed by atoms with Crippen LogP contribution in [0.3, 0.4) is 0 Å². The number of nitrogens with one attached hydrogen (secondary N) is 1. The third-order valence-electron chi connectivity index (χ3n) is 4.91. The molecule has 0 unspecified atom stereocenters. The Balaban J connectivity index is 1.61. The van der Waals surface area contributed by atoms with Gasteiger partial charge in [-0.25, -0.2) is 9.97 Å². The molecule has 29 heavy (non-hydrogen) atoms. The number of hydrogen-bond acceptors (Lipinski definition) is 7. The van der Waals surface area contributed by atoms with Gasteiger partial charge in [-0.1, -0.05) is 6.92 Å². The largest absolute Gasteiger partial charge is 0.494 e. The second-order valence-electron chi connectivity index (χ2n) is 7.17. The van der Waals surface area contributed by atoms with Crippen LogP contribution in [0.15, 0.2) is 36.9 Å². The Morgan fingerprint density at radius 2 is 2.17 bits per heavy atom. The van der Waals surface area contributed by atoms with Gasteiger partial charge >= 0.3 is 0 Å². The van der Waals surface area contributed by atoms with E-state index in [1.165, 1.54) is 0 Å². The van der Waals surface area contributed by atoms with E-state index >= 15 is 0 Å². The number of benzene rings is 1. The van der Waals surface area contributed by atoms with Crippen molar-refractivity contribution in [2.75, 3.05) is 30.5 Å². The Labute approximate surface area is 170 Å². The van der Waals surface area contributed by atoms with E-state index in [-0.39, 0.29) is 6.04 Å². The van der Waals surface area contributed by atoms with Crippen LogP contribution in [0, 0.1) is 6.92 Å². The van der Waals surface area contributed by atoms with Gasteiger partial charge in [0, 0.05) is 24.5 Å². The van der Waals surface area contributed by atoms with Gasteiger partial charge in [0.1, 0.15) is 12.4 Å². The van der Waals surface area contributed by atoms with Crippen LogP contribution in [0.4, 0.5) is 17.5 Å². The number of rotatable bonds is 6. The van der Waals surface area contributed by atoms with Crippen LogP contribution in [0.5, 0.6) is 11.5 Å². The van der Waals surface area contributed by atoms with E-state index in [1.807, 2.05) is 35.9 Å². The number of fused-ring (bicyclic) bond motifs is 1. The minimum absolute atomic E-state index is 0.281. The molecule has 0 aliphatic carbocycles. The Kier molecular flexibility index (Phi) is 5.24. The molecule has 152 valence electrons. The highest BCUT2D eigenvalue weighted by Crippen LogP contribution is 2.33. The smallest absolute Gasteiger partial charge is 0.229 e. The molecule has 0 radical (unpaired) electrons. The van der Waals surface area contributed by atoms with Crippen molar-refractivity contribution in [2.24, 2.45) is 0 Å². The number of ether oxygens (including phenoxy) is 2. The lowest BCUT2D eigenvalue weighted by Gasteiger charge is -2.35. The first-order valence-electron chi connectivity index (χ1n) is 9.81. The fraction of sp³-hybridized carbons (Fsp3) is 0.381. The highest BCUT2D eigenvalue weighted by atomic mass is 16.5. The van der Waals surface area contributed by atoms with Crippen molar-refractivity contribution in [1.29, 1.82) is 0 Å². The first-order valence-corrected chi connectivity index (χ1v) is 9.81. The zero-order valence-corrected chi connectivity index (χ0v) is 17.2. The number of aromatic nitrogens is 4. The molecule has 1 N–H and O–H groups in total. The molecule has 1 aliphatic rings. The third kappa shape index (κ3) is 3.83. The van der Waals surface area contributed by atoms with Crippen LogP contribution in [-0.4, -0.2) is 45.8 Å². The van der Waals surface area contributed by atoms with Gasteiger partial charge in [0.2, 0.25) is 5.95 Å². The molecular formula is C21H26N6O2. The Hall–Kier alpha value is -3.29. The first kappa shape index (κ1) is 19.0.